The van der Waals surface area contributed by atoms with Crippen LogP contribution in [0.25, 0.3) is 0 Å². The first-order valence-corrected chi connectivity index (χ1v) is 8.35. The van der Waals surface area contributed by atoms with E-state index < -0.39 is 23.7 Å². The zero-order chi connectivity index (χ0) is 16.4. The largest absolute Gasteiger partial charge is 0.331 e. The normalized spacial score (nSPS) is 14.9. The number of anilines is 1. The first-order valence-electron chi connectivity index (χ1n) is 7.54. The Bertz CT molecular complexity index is 709. The Hall–Kier alpha value is -2.02. The number of benzene rings is 1. The quantitative estimate of drug-likeness (QED) is 0.883. The maximum atomic E-state index is 13.2. The third-order valence-electron chi connectivity index (χ3n) is 3.86. The van der Waals surface area contributed by atoms with Crippen LogP contribution < -0.4 is 10.6 Å². The van der Waals surface area contributed by atoms with Crippen LogP contribution in [0.5, 0.6) is 0 Å². The lowest BCUT2D eigenvalue weighted by Gasteiger charge is -2.14. The number of hydrogen-bond donors (Lipinski definition) is 2. The second kappa shape index (κ2) is 6.62. The predicted molar refractivity (Wildman–Crippen MR) is 85.7 cm³/mol. The average Bonchev–Trinajstić information content (AvgIpc) is 2.91. The van der Waals surface area contributed by atoms with Crippen LogP contribution in [0.15, 0.2) is 18.2 Å². The number of nitrogens with zero attached hydrogens (tertiary/aromatic N) is 1. The zero-order valence-corrected chi connectivity index (χ0v) is 13.5. The molecule has 0 radical (unpaired) electrons. The van der Waals surface area contributed by atoms with Crippen molar-refractivity contribution >= 4 is 22.5 Å². The van der Waals surface area contributed by atoms with E-state index in [2.05, 4.69) is 15.6 Å². The van der Waals surface area contributed by atoms with Gasteiger partial charge < -0.3 is 5.32 Å². The molecule has 1 unspecified atom stereocenters. The van der Waals surface area contributed by atoms with Crippen molar-refractivity contribution in [3.63, 3.8) is 0 Å². The number of amides is 2. The van der Waals surface area contributed by atoms with Crippen LogP contribution in [0.1, 0.15) is 41.9 Å². The number of urea groups is 1. The zero-order valence-electron chi connectivity index (χ0n) is 12.7. The molecule has 23 heavy (non-hydrogen) atoms. The number of hydrogen-bond acceptors (Lipinski definition) is 3. The van der Waals surface area contributed by atoms with Gasteiger partial charge in [0.2, 0.25) is 0 Å². The van der Waals surface area contributed by atoms with Gasteiger partial charge in [-0.3, -0.25) is 5.32 Å². The Morgan fingerprint density at radius 1 is 1.26 bits per heavy atom. The molecule has 1 aliphatic rings. The molecule has 1 aliphatic carbocycles. The number of aryl methyl sites for hydroxylation is 2. The number of rotatable bonds is 3. The van der Waals surface area contributed by atoms with E-state index in [1.807, 2.05) is 0 Å². The number of carbonyl (C=O) groups excluding carboxylic acids is 1. The Morgan fingerprint density at radius 2 is 2.04 bits per heavy atom. The van der Waals surface area contributed by atoms with Gasteiger partial charge in [0.1, 0.15) is 0 Å². The Kier molecular flexibility index (Phi) is 4.56. The lowest BCUT2D eigenvalue weighted by atomic mass is 10.0. The first-order chi connectivity index (χ1) is 11.0. The van der Waals surface area contributed by atoms with Crippen molar-refractivity contribution in [3.8, 4) is 0 Å². The van der Waals surface area contributed by atoms with Gasteiger partial charge >= 0.3 is 6.03 Å². The van der Waals surface area contributed by atoms with Gasteiger partial charge in [0, 0.05) is 4.88 Å². The molecule has 2 amide bonds. The molecule has 1 atom stereocenters. The number of halogens is 2. The van der Waals surface area contributed by atoms with Crippen molar-refractivity contribution in [2.24, 2.45) is 0 Å². The topological polar surface area (TPSA) is 54.0 Å². The fourth-order valence-electron chi connectivity index (χ4n) is 2.60. The SMILES string of the molecule is CC(NC(=O)Nc1nc2c(s1)CCCC2)c1ccc(F)c(F)c1. The molecular weight excluding hydrogens is 320 g/mol. The monoisotopic (exact) mass is 337 g/mol. The van der Waals surface area contributed by atoms with E-state index in [0.29, 0.717) is 10.7 Å². The van der Waals surface area contributed by atoms with Crippen molar-refractivity contribution in [1.29, 1.82) is 0 Å². The van der Waals surface area contributed by atoms with Crippen molar-refractivity contribution in [2.45, 2.75) is 38.6 Å². The van der Waals surface area contributed by atoms with Gasteiger partial charge in [-0.05, 0) is 50.3 Å². The fourth-order valence-corrected chi connectivity index (χ4v) is 3.65. The molecule has 2 N–H and O–H groups in total. The summed E-state index contributed by atoms with van der Waals surface area (Å²) in [6, 6.07) is 2.73. The van der Waals surface area contributed by atoms with Gasteiger partial charge in [-0.15, -0.1) is 11.3 Å². The molecule has 0 aliphatic heterocycles. The molecule has 122 valence electrons. The highest BCUT2D eigenvalue weighted by atomic mass is 32.1. The van der Waals surface area contributed by atoms with E-state index in [4.69, 9.17) is 0 Å². The van der Waals surface area contributed by atoms with E-state index in [9.17, 15) is 13.6 Å². The van der Waals surface area contributed by atoms with E-state index in [-0.39, 0.29) is 0 Å². The highest BCUT2D eigenvalue weighted by Gasteiger charge is 2.17. The molecule has 0 saturated carbocycles. The second-order valence-corrected chi connectivity index (χ2v) is 6.67. The number of thiazole rings is 1. The maximum Gasteiger partial charge on any atom is 0.321 e. The van der Waals surface area contributed by atoms with Crippen LogP contribution in [0.3, 0.4) is 0 Å². The van der Waals surface area contributed by atoms with Crippen molar-refractivity contribution < 1.29 is 13.6 Å². The van der Waals surface area contributed by atoms with Crippen LogP contribution in [0.2, 0.25) is 0 Å². The molecule has 0 fully saturated rings. The molecule has 2 aromatic rings. The summed E-state index contributed by atoms with van der Waals surface area (Å²) in [6.45, 7) is 1.71. The van der Waals surface area contributed by atoms with Gasteiger partial charge in [0.05, 0.1) is 11.7 Å². The van der Waals surface area contributed by atoms with E-state index >= 15 is 0 Å². The van der Waals surface area contributed by atoms with Crippen LogP contribution in [-0.2, 0) is 12.8 Å². The highest BCUT2D eigenvalue weighted by Crippen LogP contribution is 2.29. The van der Waals surface area contributed by atoms with Gasteiger partial charge in [-0.25, -0.2) is 18.6 Å². The number of nitrogens with one attached hydrogen (secondary N) is 2. The van der Waals surface area contributed by atoms with Gasteiger partial charge in [-0.1, -0.05) is 6.07 Å². The molecule has 1 heterocycles. The summed E-state index contributed by atoms with van der Waals surface area (Å²) in [5.41, 5.74) is 1.57. The molecule has 7 heteroatoms. The Morgan fingerprint density at radius 3 is 2.78 bits per heavy atom. The van der Waals surface area contributed by atoms with E-state index in [0.717, 1.165) is 43.5 Å². The van der Waals surface area contributed by atoms with Crippen molar-refractivity contribution in [1.82, 2.24) is 10.3 Å². The van der Waals surface area contributed by atoms with Crippen molar-refractivity contribution in [2.75, 3.05) is 5.32 Å². The summed E-state index contributed by atoms with van der Waals surface area (Å²) in [4.78, 5) is 17.7. The molecule has 1 aromatic heterocycles. The minimum atomic E-state index is -0.927. The van der Waals surface area contributed by atoms with Gasteiger partial charge in [0.15, 0.2) is 16.8 Å². The second-order valence-electron chi connectivity index (χ2n) is 5.59. The summed E-state index contributed by atoms with van der Waals surface area (Å²) in [6.07, 6.45) is 4.27. The highest BCUT2D eigenvalue weighted by molar-refractivity contribution is 7.15. The summed E-state index contributed by atoms with van der Waals surface area (Å²) in [5, 5.41) is 5.99. The summed E-state index contributed by atoms with van der Waals surface area (Å²) >= 11 is 1.50. The average molecular weight is 337 g/mol. The minimum Gasteiger partial charge on any atom is -0.331 e. The standard InChI is InChI=1S/C16H17F2N3OS/c1-9(10-6-7-11(17)12(18)8-10)19-15(22)21-16-20-13-4-2-3-5-14(13)23-16/h6-9H,2-5H2,1H3,(H2,19,20,21,22). The van der Waals surface area contributed by atoms with E-state index in [1.54, 1.807) is 6.92 Å². The third-order valence-corrected chi connectivity index (χ3v) is 4.93. The molecule has 3 rings (SSSR count). The fraction of sp³-hybridized carbons (Fsp3) is 0.375. The molecule has 0 bridgehead atoms. The molecule has 1 aromatic carbocycles. The smallest absolute Gasteiger partial charge is 0.321 e. The number of carbonyl (C=O) groups is 1. The number of fused-ring (bicyclic) bond motifs is 1. The summed E-state index contributed by atoms with van der Waals surface area (Å²) in [5.74, 6) is -1.83. The summed E-state index contributed by atoms with van der Waals surface area (Å²) in [7, 11) is 0. The molecule has 0 spiro atoms. The van der Waals surface area contributed by atoms with Crippen LogP contribution in [0, 0.1) is 11.6 Å². The lowest BCUT2D eigenvalue weighted by Crippen LogP contribution is -2.31. The van der Waals surface area contributed by atoms with Gasteiger partial charge in [-0.2, -0.15) is 0 Å². The Balaban J connectivity index is 1.62. The first kappa shape index (κ1) is 15.9. The molecule has 4 nitrogen and oxygen atoms in total. The summed E-state index contributed by atoms with van der Waals surface area (Å²) < 4.78 is 26.2. The molecular formula is C16H17F2N3OS. The molecule has 0 saturated heterocycles. The lowest BCUT2D eigenvalue weighted by molar-refractivity contribution is 0.249. The number of aromatic nitrogens is 1. The van der Waals surface area contributed by atoms with Gasteiger partial charge in [0.25, 0.3) is 0 Å². The van der Waals surface area contributed by atoms with Crippen molar-refractivity contribution in [3.05, 3.63) is 46.0 Å². The van der Waals surface area contributed by atoms with Crippen LogP contribution in [-0.4, -0.2) is 11.0 Å². The Labute approximate surface area is 136 Å². The third kappa shape index (κ3) is 3.67. The van der Waals surface area contributed by atoms with E-state index in [1.165, 1.54) is 22.3 Å². The maximum absolute atomic E-state index is 13.2. The van der Waals surface area contributed by atoms with Crippen LogP contribution >= 0.6 is 11.3 Å². The predicted octanol–water partition coefficient (Wildman–Crippen LogP) is 4.18. The van der Waals surface area contributed by atoms with Crippen LogP contribution in [0.4, 0.5) is 18.7 Å². The minimum absolute atomic E-state index is 0.409.